The van der Waals surface area contributed by atoms with Gasteiger partial charge in [-0.1, -0.05) is 42.0 Å². The Morgan fingerprint density at radius 1 is 0.909 bits per heavy atom. The third-order valence-corrected chi connectivity index (χ3v) is 6.40. The van der Waals surface area contributed by atoms with Crippen LogP contribution in [-0.4, -0.2) is 59.1 Å². The van der Waals surface area contributed by atoms with Gasteiger partial charge in [0, 0.05) is 38.5 Å². The van der Waals surface area contributed by atoms with Gasteiger partial charge in [0.2, 0.25) is 11.8 Å². The van der Waals surface area contributed by atoms with Crippen LogP contribution >= 0.6 is 0 Å². The quantitative estimate of drug-likeness (QED) is 0.662. The maximum atomic E-state index is 12.5. The van der Waals surface area contributed by atoms with Crippen LogP contribution in [0.25, 0.3) is 0 Å². The van der Waals surface area contributed by atoms with E-state index in [0.29, 0.717) is 43.5 Å². The van der Waals surface area contributed by atoms with E-state index >= 15 is 0 Å². The molecule has 4 amide bonds. The molecule has 2 aliphatic rings. The standard InChI is InChI=1S/C26H29N3O4/c1-18-6-8-19(9-7-18)10-11-24(31)28-15-12-20(13-16-28)27-23(30)14-17-29-25(32)21-4-2-3-5-22(21)26(29)33/h2-9,20H,10-17H2,1H3,(H,27,30). The number of benzene rings is 2. The summed E-state index contributed by atoms with van der Waals surface area (Å²) in [5.41, 5.74) is 3.15. The first-order chi connectivity index (χ1) is 15.9. The Hall–Kier alpha value is -3.48. The molecule has 172 valence electrons. The zero-order valence-electron chi connectivity index (χ0n) is 18.9. The third kappa shape index (κ3) is 5.30. The summed E-state index contributed by atoms with van der Waals surface area (Å²) in [6.07, 6.45) is 2.69. The van der Waals surface area contributed by atoms with Crippen LogP contribution in [0.1, 0.15) is 57.5 Å². The molecule has 2 aromatic rings. The molecule has 1 saturated heterocycles. The van der Waals surface area contributed by atoms with Gasteiger partial charge in [-0.2, -0.15) is 0 Å². The number of aryl methyl sites for hydroxylation is 2. The van der Waals surface area contributed by atoms with Crippen LogP contribution in [0, 0.1) is 6.92 Å². The lowest BCUT2D eigenvalue weighted by atomic mass is 10.0. The molecule has 33 heavy (non-hydrogen) atoms. The van der Waals surface area contributed by atoms with Crippen LogP contribution in [-0.2, 0) is 16.0 Å². The number of rotatable bonds is 7. The molecule has 0 radical (unpaired) electrons. The molecular weight excluding hydrogens is 418 g/mol. The van der Waals surface area contributed by atoms with Crippen molar-refractivity contribution in [2.24, 2.45) is 0 Å². The Labute approximate surface area is 193 Å². The van der Waals surface area contributed by atoms with Gasteiger partial charge in [-0.15, -0.1) is 0 Å². The lowest BCUT2D eigenvalue weighted by Crippen LogP contribution is -2.47. The van der Waals surface area contributed by atoms with E-state index in [-0.39, 0.29) is 42.6 Å². The molecule has 0 aromatic heterocycles. The zero-order valence-corrected chi connectivity index (χ0v) is 18.9. The van der Waals surface area contributed by atoms with Gasteiger partial charge in [0.1, 0.15) is 0 Å². The molecule has 0 atom stereocenters. The number of amides is 4. The fourth-order valence-electron chi connectivity index (χ4n) is 4.39. The first-order valence-corrected chi connectivity index (χ1v) is 11.5. The summed E-state index contributed by atoms with van der Waals surface area (Å²) in [6.45, 7) is 3.35. The summed E-state index contributed by atoms with van der Waals surface area (Å²) in [4.78, 5) is 52.8. The Balaban J connectivity index is 1.17. The maximum absolute atomic E-state index is 12.5. The number of piperidine rings is 1. The average molecular weight is 448 g/mol. The molecule has 0 saturated carbocycles. The van der Waals surface area contributed by atoms with Crippen LogP contribution in [0.4, 0.5) is 0 Å². The highest BCUT2D eigenvalue weighted by Gasteiger charge is 2.35. The largest absolute Gasteiger partial charge is 0.353 e. The van der Waals surface area contributed by atoms with Crippen molar-refractivity contribution in [3.8, 4) is 0 Å². The van der Waals surface area contributed by atoms with Crippen LogP contribution in [0.2, 0.25) is 0 Å². The number of carbonyl (C=O) groups is 4. The summed E-state index contributed by atoms with van der Waals surface area (Å²) >= 11 is 0. The van der Waals surface area contributed by atoms with E-state index in [1.165, 1.54) is 5.56 Å². The fourth-order valence-corrected chi connectivity index (χ4v) is 4.39. The van der Waals surface area contributed by atoms with E-state index in [4.69, 9.17) is 0 Å². The van der Waals surface area contributed by atoms with Gasteiger partial charge in [0.25, 0.3) is 11.8 Å². The fraction of sp³-hybridized carbons (Fsp3) is 0.385. The van der Waals surface area contributed by atoms with Crippen LogP contribution in [0.5, 0.6) is 0 Å². The molecule has 4 rings (SSSR count). The number of imide groups is 1. The van der Waals surface area contributed by atoms with Gasteiger partial charge in [-0.3, -0.25) is 24.1 Å². The topological polar surface area (TPSA) is 86.8 Å². The Kier molecular flexibility index (Phi) is 6.87. The van der Waals surface area contributed by atoms with Crippen molar-refractivity contribution in [3.63, 3.8) is 0 Å². The van der Waals surface area contributed by atoms with Crippen molar-refractivity contribution >= 4 is 23.6 Å². The second-order valence-electron chi connectivity index (χ2n) is 8.77. The van der Waals surface area contributed by atoms with Crippen LogP contribution in [0.15, 0.2) is 48.5 Å². The molecule has 0 spiro atoms. The average Bonchev–Trinajstić information content (AvgIpc) is 3.07. The smallest absolute Gasteiger partial charge is 0.261 e. The van der Waals surface area contributed by atoms with Crippen molar-refractivity contribution in [2.75, 3.05) is 19.6 Å². The molecule has 2 aromatic carbocycles. The Morgan fingerprint density at radius 3 is 2.12 bits per heavy atom. The summed E-state index contributed by atoms with van der Waals surface area (Å²) < 4.78 is 0. The normalized spacial score (nSPS) is 16.2. The van der Waals surface area contributed by atoms with E-state index < -0.39 is 0 Å². The van der Waals surface area contributed by atoms with Crippen molar-refractivity contribution in [1.29, 1.82) is 0 Å². The summed E-state index contributed by atoms with van der Waals surface area (Å²) in [5, 5.41) is 2.99. The highest BCUT2D eigenvalue weighted by Crippen LogP contribution is 2.22. The SMILES string of the molecule is Cc1ccc(CCC(=O)N2CCC(NC(=O)CCN3C(=O)c4ccccc4C3=O)CC2)cc1. The van der Waals surface area contributed by atoms with Gasteiger partial charge in [0.15, 0.2) is 0 Å². The van der Waals surface area contributed by atoms with Gasteiger partial charge in [-0.05, 0) is 43.9 Å². The van der Waals surface area contributed by atoms with Crippen molar-refractivity contribution < 1.29 is 19.2 Å². The molecule has 7 nitrogen and oxygen atoms in total. The molecule has 2 aliphatic heterocycles. The summed E-state index contributed by atoms with van der Waals surface area (Å²) in [7, 11) is 0. The predicted octanol–water partition coefficient (Wildman–Crippen LogP) is 2.72. The highest BCUT2D eigenvalue weighted by atomic mass is 16.2. The first kappa shape index (κ1) is 22.7. The molecule has 1 fully saturated rings. The molecule has 1 N–H and O–H groups in total. The Morgan fingerprint density at radius 2 is 1.52 bits per heavy atom. The number of likely N-dealkylation sites (tertiary alicyclic amines) is 1. The van der Waals surface area contributed by atoms with E-state index in [1.807, 2.05) is 11.8 Å². The van der Waals surface area contributed by atoms with E-state index in [0.717, 1.165) is 16.9 Å². The van der Waals surface area contributed by atoms with Crippen molar-refractivity contribution in [3.05, 3.63) is 70.8 Å². The zero-order chi connectivity index (χ0) is 23.4. The minimum absolute atomic E-state index is 0.000766. The molecule has 0 unspecified atom stereocenters. The number of fused-ring (bicyclic) bond motifs is 1. The third-order valence-electron chi connectivity index (χ3n) is 6.40. The van der Waals surface area contributed by atoms with Gasteiger partial charge in [0.05, 0.1) is 11.1 Å². The summed E-state index contributed by atoms with van der Waals surface area (Å²) in [6, 6.07) is 14.9. The van der Waals surface area contributed by atoms with Gasteiger partial charge in [-0.25, -0.2) is 0 Å². The van der Waals surface area contributed by atoms with E-state index in [2.05, 4.69) is 29.6 Å². The number of nitrogens with zero attached hydrogens (tertiary/aromatic N) is 2. The molecule has 0 bridgehead atoms. The lowest BCUT2D eigenvalue weighted by molar-refractivity contribution is -0.132. The number of carbonyl (C=O) groups excluding carboxylic acids is 4. The molecular formula is C26H29N3O4. The van der Waals surface area contributed by atoms with Crippen molar-refractivity contribution in [2.45, 2.75) is 45.1 Å². The van der Waals surface area contributed by atoms with E-state index in [9.17, 15) is 19.2 Å². The Bertz CT molecular complexity index is 1020. The summed E-state index contributed by atoms with van der Waals surface area (Å²) in [5.74, 6) is -0.733. The number of hydrogen-bond donors (Lipinski definition) is 1. The van der Waals surface area contributed by atoms with Crippen LogP contribution in [0.3, 0.4) is 0 Å². The number of hydrogen-bond acceptors (Lipinski definition) is 4. The second-order valence-corrected chi connectivity index (χ2v) is 8.77. The van der Waals surface area contributed by atoms with Crippen molar-refractivity contribution in [1.82, 2.24) is 15.1 Å². The molecule has 0 aliphatic carbocycles. The molecule has 2 heterocycles. The van der Waals surface area contributed by atoms with Gasteiger partial charge >= 0.3 is 0 Å². The highest BCUT2D eigenvalue weighted by molar-refractivity contribution is 6.21. The monoisotopic (exact) mass is 447 g/mol. The predicted molar refractivity (Wildman–Crippen MR) is 124 cm³/mol. The lowest BCUT2D eigenvalue weighted by Gasteiger charge is -2.32. The second kappa shape index (κ2) is 9.98. The number of nitrogens with one attached hydrogen (secondary N) is 1. The maximum Gasteiger partial charge on any atom is 0.261 e. The van der Waals surface area contributed by atoms with E-state index in [1.54, 1.807) is 24.3 Å². The van der Waals surface area contributed by atoms with Crippen LogP contribution < -0.4 is 5.32 Å². The minimum atomic E-state index is -0.346. The minimum Gasteiger partial charge on any atom is -0.353 e. The first-order valence-electron chi connectivity index (χ1n) is 11.5. The molecule has 7 heteroatoms. The van der Waals surface area contributed by atoms with Gasteiger partial charge < -0.3 is 10.2 Å².